The van der Waals surface area contributed by atoms with Crippen molar-refractivity contribution in [3.63, 3.8) is 0 Å². The molecule has 1 amide bonds. The molecule has 0 aliphatic heterocycles. The largest absolute Gasteiger partial charge is 0.283 e. The normalized spacial score (nSPS) is 11.8. The molecule has 0 saturated carbocycles. The van der Waals surface area contributed by atoms with Gasteiger partial charge in [-0.15, -0.1) is 11.3 Å². The number of halogens is 1. The number of rotatable bonds is 5. The lowest BCUT2D eigenvalue weighted by Gasteiger charge is -2.18. The first kappa shape index (κ1) is 19.4. The van der Waals surface area contributed by atoms with Gasteiger partial charge >= 0.3 is 0 Å². The Morgan fingerprint density at radius 2 is 1.45 bits per heavy atom. The molecule has 1 heterocycles. The molecule has 0 aliphatic carbocycles. The molecule has 144 valence electrons. The molecule has 3 nitrogen and oxygen atoms in total. The maximum absolute atomic E-state index is 12.7. The molecule has 4 aromatic rings. The van der Waals surface area contributed by atoms with E-state index in [-0.39, 0.29) is 11.8 Å². The summed E-state index contributed by atoms with van der Waals surface area (Å²) in [7, 11) is 0. The number of hydrogen-bond acceptors (Lipinski definition) is 3. The van der Waals surface area contributed by atoms with Crippen molar-refractivity contribution in [1.82, 2.24) is 5.43 Å². The van der Waals surface area contributed by atoms with Crippen LogP contribution in [-0.4, -0.2) is 11.6 Å². The lowest BCUT2D eigenvalue weighted by Crippen LogP contribution is -2.21. The van der Waals surface area contributed by atoms with Crippen LogP contribution in [0.15, 0.2) is 90.0 Å². The third-order valence-corrected chi connectivity index (χ3v) is 6.43. The third-order valence-electron chi connectivity index (χ3n) is 4.76. The van der Waals surface area contributed by atoms with E-state index in [0.717, 1.165) is 26.9 Å². The van der Waals surface area contributed by atoms with E-state index < -0.39 is 0 Å². The molecule has 3 aromatic carbocycles. The van der Waals surface area contributed by atoms with E-state index in [1.807, 2.05) is 67.6 Å². The Hall–Kier alpha value is -2.95. The molecule has 1 aromatic heterocycles. The zero-order valence-corrected chi connectivity index (χ0v) is 17.4. The van der Waals surface area contributed by atoms with Gasteiger partial charge in [-0.2, -0.15) is 5.10 Å². The predicted molar refractivity (Wildman–Crippen MR) is 122 cm³/mol. The molecule has 0 saturated heterocycles. The number of carbonyl (C=O) groups excluding carboxylic acids is 1. The standard InChI is InChI=1S/C24H19ClN2OS/c1-16(21(17-10-4-2-5-11-17)18-12-6-3-7-13-18)26-27-24(28)23-22(25)19-14-8-9-15-20(19)29-23/h2-15,21H,1H3,(H,27,28)/b26-16+. The van der Waals surface area contributed by atoms with Gasteiger partial charge in [-0.05, 0) is 24.1 Å². The minimum atomic E-state index is -0.296. The fourth-order valence-electron chi connectivity index (χ4n) is 3.38. The third kappa shape index (κ3) is 4.09. The molecule has 0 spiro atoms. The van der Waals surface area contributed by atoms with Crippen molar-refractivity contribution in [3.05, 3.63) is 106 Å². The van der Waals surface area contributed by atoms with E-state index in [9.17, 15) is 4.79 Å². The van der Waals surface area contributed by atoms with Crippen LogP contribution in [0.4, 0.5) is 0 Å². The zero-order chi connectivity index (χ0) is 20.2. The highest BCUT2D eigenvalue weighted by atomic mass is 35.5. The van der Waals surface area contributed by atoms with Crippen molar-refractivity contribution in [1.29, 1.82) is 0 Å². The molecule has 0 bridgehead atoms. The monoisotopic (exact) mass is 418 g/mol. The molecule has 29 heavy (non-hydrogen) atoms. The quantitative estimate of drug-likeness (QED) is 0.292. The highest BCUT2D eigenvalue weighted by molar-refractivity contribution is 7.21. The Kier molecular flexibility index (Phi) is 5.74. The van der Waals surface area contributed by atoms with Crippen LogP contribution in [0.1, 0.15) is 33.6 Å². The van der Waals surface area contributed by atoms with Gasteiger partial charge in [0.05, 0.1) is 5.02 Å². The first-order valence-electron chi connectivity index (χ1n) is 9.26. The van der Waals surface area contributed by atoms with Crippen LogP contribution < -0.4 is 5.43 Å². The molecular weight excluding hydrogens is 400 g/mol. The van der Waals surface area contributed by atoms with E-state index >= 15 is 0 Å². The number of benzene rings is 3. The number of nitrogens with one attached hydrogen (secondary N) is 1. The molecule has 0 unspecified atom stereocenters. The molecular formula is C24H19ClN2OS. The molecule has 0 radical (unpaired) electrons. The van der Waals surface area contributed by atoms with Crippen molar-refractivity contribution < 1.29 is 4.79 Å². The summed E-state index contributed by atoms with van der Waals surface area (Å²) in [6.45, 7) is 1.93. The summed E-state index contributed by atoms with van der Waals surface area (Å²) in [5, 5.41) is 5.79. The first-order valence-corrected chi connectivity index (χ1v) is 10.5. The highest BCUT2D eigenvalue weighted by Gasteiger charge is 2.19. The van der Waals surface area contributed by atoms with Gasteiger partial charge in [0.2, 0.25) is 0 Å². The number of hydrogen-bond donors (Lipinski definition) is 1. The van der Waals surface area contributed by atoms with Crippen LogP contribution in [-0.2, 0) is 0 Å². The topological polar surface area (TPSA) is 41.5 Å². The van der Waals surface area contributed by atoms with E-state index in [0.29, 0.717) is 9.90 Å². The van der Waals surface area contributed by atoms with Crippen LogP contribution in [0.25, 0.3) is 10.1 Å². The van der Waals surface area contributed by atoms with Crippen LogP contribution in [0.2, 0.25) is 5.02 Å². The number of hydrazone groups is 1. The lowest BCUT2D eigenvalue weighted by molar-refractivity contribution is 0.0959. The van der Waals surface area contributed by atoms with E-state index in [1.54, 1.807) is 0 Å². The summed E-state index contributed by atoms with van der Waals surface area (Å²) < 4.78 is 0.981. The van der Waals surface area contributed by atoms with Crippen molar-refractivity contribution in [2.45, 2.75) is 12.8 Å². The highest BCUT2D eigenvalue weighted by Crippen LogP contribution is 2.35. The van der Waals surface area contributed by atoms with Gasteiger partial charge in [-0.3, -0.25) is 4.79 Å². The van der Waals surface area contributed by atoms with Crippen LogP contribution >= 0.6 is 22.9 Å². The molecule has 0 atom stereocenters. The fraction of sp³-hybridized carbons (Fsp3) is 0.0833. The number of fused-ring (bicyclic) bond motifs is 1. The van der Waals surface area contributed by atoms with Gasteiger partial charge in [-0.25, -0.2) is 5.43 Å². The molecule has 1 N–H and O–H groups in total. The Bertz CT molecular complexity index is 1130. The van der Waals surface area contributed by atoms with Gasteiger partial charge in [-0.1, -0.05) is 90.5 Å². The zero-order valence-electron chi connectivity index (χ0n) is 15.8. The van der Waals surface area contributed by atoms with E-state index in [1.165, 1.54) is 11.3 Å². The van der Waals surface area contributed by atoms with Gasteiger partial charge in [0, 0.05) is 21.7 Å². The number of nitrogens with zero attached hydrogens (tertiary/aromatic N) is 1. The summed E-state index contributed by atoms with van der Waals surface area (Å²) >= 11 is 7.79. The predicted octanol–water partition coefficient (Wildman–Crippen LogP) is 6.49. The SMILES string of the molecule is C/C(=N\NC(=O)c1sc2ccccc2c1Cl)C(c1ccccc1)c1ccccc1. The average Bonchev–Trinajstić information content (AvgIpc) is 3.11. The second kappa shape index (κ2) is 8.60. The molecule has 4 rings (SSSR count). The maximum atomic E-state index is 12.7. The molecule has 0 aliphatic rings. The smallest absolute Gasteiger partial charge is 0.266 e. The summed E-state index contributed by atoms with van der Waals surface area (Å²) in [5.74, 6) is -0.342. The Morgan fingerprint density at radius 1 is 0.897 bits per heavy atom. The van der Waals surface area contributed by atoms with Crippen molar-refractivity contribution >= 4 is 44.6 Å². The first-order chi connectivity index (χ1) is 14.1. The average molecular weight is 419 g/mol. The Labute approximate surface area is 178 Å². The fourth-order valence-corrected chi connectivity index (χ4v) is 4.79. The van der Waals surface area contributed by atoms with Gasteiger partial charge in [0.25, 0.3) is 5.91 Å². The Balaban J connectivity index is 1.63. The number of amides is 1. The van der Waals surface area contributed by atoms with Gasteiger partial charge in [0.15, 0.2) is 0 Å². The van der Waals surface area contributed by atoms with Crippen molar-refractivity contribution in [2.75, 3.05) is 0 Å². The summed E-state index contributed by atoms with van der Waals surface area (Å²) in [6, 6.07) is 28.0. The second-order valence-corrected chi connectivity index (χ2v) is 8.12. The summed E-state index contributed by atoms with van der Waals surface area (Å²) in [4.78, 5) is 13.2. The minimum absolute atomic E-state index is 0.0458. The second-order valence-electron chi connectivity index (χ2n) is 6.69. The van der Waals surface area contributed by atoms with Gasteiger partial charge < -0.3 is 0 Å². The van der Waals surface area contributed by atoms with Crippen molar-refractivity contribution in [2.24, 2.45) is 5.10 Å². The number of thiophene rings is 1. The van der Waals surface area contributed by atoms with Crippen LogP contribution in [0.3, 0.4) is 0 Å². The van der Waals surface area contributed by atoms with Crippen LogP contribution in [0, 0.1) is 0 Å². The Morgan fingerprint density at radius 3 is 2.03 bits per heavy atom. The summed E-state index contributed by atoms with van der Waals surface area (Å²) in [6.07, 6.45) is 0. The summed E-state index contributed by atoms with van der Waals surface area (Å²) in [5.41, 5.74) is 5.73. The van der Waals surface area contributed by atoms with E-state index in [2.05, 4.69) is 34.8 Å². The molecule has 0 fully saturated rings. The lowest BCUT2D eigenvalue weighted by atomic mass is 9.88. The molecule has 5 heteroatoms. The van der Waals surface area contributed by atoms with Crippen LogP contribution in [0.5, 0.6) is 0 Å². The maximum Gasteiger partial charge on any atom is 0.283 e. The minimum Gasteiger partial charge on any atom is -0.266 e. The van der Waals surface area contributed by atoms with E-state index in [4.69, 9.17) is 11.6 Å². The van der Waals surface area contributed by atoms with Gasteiger partial charge in [0.1, 0.15) is 4.88 Å². The number of carbonyl (C=O) groups is 1. The van der Waals surface area contributed by atoms with Crippen molar-refractivity contribution in [3.8, 4) is 0 Å².